The Labute approximate surface area is 105 Å². The summed E-state index contributed by atoms with van der Waals surface area (Å²) in [6.07, 6.45) is 4.08. The van der Waals surface area contributed by atoms with E-state index in [1.165, 1.54) is 19.3 Å². The van der Waals surface area contributed by atoms with Crippen molar-refractivity contribution in [3.05, 3.63) is 0 Å². The van der Waals surface area contributed by atoms with E-state index in [9.17, 15) is 0 Å². The highest BCUT2D eigenvalue weighted by Gasteiger charge is 2.29. The van der Waals surface area contributed by atoms with E-state index in [4.69, 9.17) is 5.84 Å². The maximum atomic E-state index is 5.72. The minimum Gasteiger partial charge on any atom is -0.271 e. The molecule has 0 bridgehead atoms. The van der Waals surface area contributed by atoms with Gasteiger partial charge in [-0.25, -0.2) is 0 Å². The smallest absolute Gasteiger partial charge is 0.0329 e. The van der Waals surface area contributed by atoms with E-state index in [2.05, 4.69) is 33.1 Å². The summed E-state index contributed by atoms with van der Waals surface area (Å²) < 4.78 is 0. The highest BCUT2D eigenvalue weighted by atomic mass is 32.2. The Morgan fingerprint density at radius 1 is 1.19 bits per heavy atom. The summed E-state index contributed by atoms with van der Waals surface area (Å²) >= 11 is 2.02. The monoisotopic (exact) mass is 244 g/mol. The number of rotatable bonds is 5. The molecule has 2 nitrogen and oxygen atoms in total. The Hall–Kier alpha value is 0.270. The van der Waals surface area contributed by atoms with E-state index in [0.717, 1.165) is 23.5 Å². The molecule has 96 valence electrons. The van der Waals surface area contributed by atoms with Crippen LogP contribution in [0.4, 0.5) is 0 Å². The Bertz CT molecular complexity index is 186. The van der Waals surface area contributed by atoms with Crippen LogP contribution in [0.1, 0.15) is 47.0 Å². The standard InChI is InChI=1S/C13H28N2S/c1-9(2)16-8-13(15-14)12-6-10(3)5-11(4)7-12/h9-13,15H,5-8,14H2,1-4H3. The molecule has 0 saturated heterocycles. The Balaban J connectivity index is 2.44. The SMILES string of the molecule is CC1CC(C)CC(C(CSC(C)C)NN)C1. The molecule has 1 aliphatic rings. The lowest BCUT2D eigenvalue weighted by Gasteiger charge is -2.36. The van der Waals surface area contributed by atoms with Crippen LogP contribution in [0.5, 0.6) is 0 Å². The molecule has 3 N–H and O–H groups in total. The van der Waals surface area contributed by atoms with Crippen LogP contribution in [0.15, 0.2) is 0 Å². The van der Waals surface area contributed by atoms with E-state index < -0.39 is 0 Å². The van der Waals surface area contributed by atoms with E-state index in [1.54, 1.807) is 0 Å². The largest absolute Gasteiger partial charge is 0.271 e. The number of hydrogen-bond donors (Lipinski definition) is 2. The van der Waals surface area contributed by atoms with Gasteiger partial charge in [0.1, 0.15) is 0 Å². The highest BCUT2D eigenvalue weighted by molar-refractivity contribution is 7.99. The molecule has 0 aliphatic heterocycles. The second-order valence-corrected chi connectivity index (χ2v) is 7.44. The van der Waals surface area contributed by atoms with Crippen molar-refractivity contribution in [2.75, 3.05) is 5.75 Å². The van der Waals surface area contributed by atoms with Gasteiger partial charge in [0.25, 0.3) is 0 Å². The predicted molar refractivity (Wildman–Crippen MR) is 74.4 cm³/mol. The van der Waals surface area contributed by atoms with Crippen LogP contribution in [-0.2, 0) is 0 Å². The van der Waals surface area contributed by atoms with Crippen LogP contribution in [0.2, 0.25) is 0 Å². The summed E-state index contributed by atoms with van der Waals surface area (Å²) in [6.45, 7) is 9.27. The Morgan fingerprint density at radius 3 is 2.19 bits per heavy atom. The first-order valence-corrected chi connectivity index (χ1v) is 7.65. The molecule has 1 fully saturated rings. The van der Waals surface area contributed by atoms with Crippen LogP contribution in [0.3, 0.4) is 0 Å². The van der Waals surface area contributed by atoms with Crippen LogP contribution in [-0.4, -0.2) is 17.0 Å². The van der Waals surface area contributed by atoms with Crippen molar-refractivity contribution >= 4 is 11.8 Å². The summed E-state index contributed by atoms with van der Waals surface area (Å²) in [5.74, 6) is 9.38. The lowest BCUT2D eigenvalue weighted by molar-refractivity contribution is 0.185. The van der Waals surface area contributed by atoms with Gasteiger partial charge in [-0.2, -0.15) is 11.8 Å². The topological polar surface area (TPSA) is 38.0 Å². The lowest BCUT2D eigenvalue weighted by atomic mass is 9.74. The first-order chi connectivity index (χ1) is 7.52. The molecule has 0 aromatic rings. The molecule has 1 aliphatic carbocycles. The van der Waals surface area contributed by atoms with Crippen molar-refractivity contribution in [1.29, 1.82) is 0 Å². The van der Waals surface area contributed by atoms with Gasteiger partial charge >= 0.3 is 0 Å². The van der Waals surface area contributed by atoms with Gasteiger partial charge in [-0.15, -0.1) is 0 Å². The zero-order valence-corrected chi connectivity index (χ0v) is 12.0. The van der Waals surface area contributed by atoms with Gasteiger partial charge in [0.2, 0.25) is 0 Å². The summed E-state index contributed by atoms with van der Waals surface area (Å²) in [5.41, 5.74) is 3.05. The predicted octanol–water partition coefficient (Wildman–Crippen LogP) is 3.03. The van der Waals surface area contributed by atoms with Gasteiger partial charge in [-0.05, 0) is 42.3 Å². The molecule has 3 atom stereocenters. The van der Waals surface area contributed by atoms with Crippen molar-refractivity contribution in [2.45, 2.75) is 58.2 Å². The van der Waals surface area contributed by atoms with Crippen molar-refractivity contribution in [1.82, 2.24) is 5.43 Å². The third-order valence-corrected chi connectivity index (χ3v) is 4.83. The van der Waals surface area contributed by atoms with Gasteiger partial charge in [-0.3, -0.25) is 11.3 Å². The summed E-state index contributed by atoms with van der Waals surface area (Å²) in [6, 6.07) is 0.498. The maximum Gasteiger partial charge on any atom is 0.0329 e. The Kier molecular flexibility index (Phi) is 6.16. The zero-order valence-electron chi connectivity index (χ0n) is 11.2. The van der Waals surface area contributed by atoms with E-state index in [0.29, 0.717) is 11.3 Å². The summed E-state index contributed by atoms with van der Waals surface area (Å²) in [7, 11) is 0. The fraction of sp³-hybridized carbons (Fsp3) is 1.00. The highest BCUT2D eigenvalue weighted by Crippen LogP contribution is 2.35. The summed E-state index contributed by atoms with van der Waals surface area (Å²) in [4.78, 5) is 0. The van der Waals surface area contributed by atoms with Crippen LogP contribution < -0.4 is 11.3 Å². The molecule has 0 amide bonds. The molecule has 3 unspecified atom stereocenters. The minimum atomic E-state index is 0.498. The third-order valence-electron chi connectivity index (χ3n) is 3.61. The van der Waals surface area contributed by atoms with Crippen LogP contribution in [0, 0.1) is 17.8 Å². The normalized spacial score (nSPS) is 33.0. The first kappa shape index (κ1) is 14.3. The van der Waals surface area contributed by atoms with Gasteiger partial charge in [0.15, 0.2) is 0 Å². The third kappa shape index (κ3) is 4.64. The number of hydrogen-bond acceptors (Lipinski definition) is 3. The number of nitrogens with two attached hydrogens (primary N) is 1. The van der Waals surface area contributed by atoms with Crippen molar-refractivity contribution in [2.24, 2.45) is 23.6 Å². The Morgan fingerprint density at radius 2 is 1.75 bits per heavy atom. The molecule has 0 aromatic carbocycles. The van der Waals surface area contributed by atoms with E-state index in [1.807, 2.05) is 11.8 Å². The minimum absolute atomic E-state index is 0.498. The van der Waals surface area contributed by atoms with Crippen LogP contribution in [0.25, 0.3) is 0 Å². The summed E-state index contributed by atoms with van der Waals surface area (Å²) in [5, 5.41) is 0.703. The van der Waals surface area contributed by atoms with E-state index >= 15 is 0 Å². The fourth-order valence-corrected chi connectivity index (χ4v) is 3.91. The zero-order chi connectivity index (χ0) is 12.1. The van der Waals surface area contributed by atoms with Gasteiger partial charge in [0, 0.05) is 11.8 Å². The molecule has 1 saturated carbocycles. The first-order valence-electron chi connectivity index (χ1n) is 6.60. The maximum absolute atomic E-state index is 5.72. The second-order valence-electron chi connectivity index (χ2n) is 5.83. The molecular formula is C13H28N2S. The lowest BCUT2D eigenvalue weighted by Crippen LogP contribution is -2.45. The molecule has 0 aromatic heterocycles. The van der Waals surface area contributed by atoms with Crippen LogP contribution >= 0.6 is 11.8 Å². The molecule has 3 heteroatoms. The molecule has 1 rings (SSSR count). The quantitative estimate of drug-likeness (QED) is 0.577. The van der Waals surface area contributed by atoms with Gasteiger partial charge in [-0.1, -0.05) is 27.7 Å². The molecular weight excluding hydrogens is 216 g/mol. The molecule has 0 radical (unpaired) electrons. The van der Waals surface area contributed by atoms with Crippen molar-refractivity contribution in [3.63, 3.8) is 0 Å². The number of hydrazine groups is 1. The molecule has 0 heterocycles. The van der Waals surface area contributed by atoms with Crippen molar-refractivity contribution < 1.29 is 0 Å². The molecule has 16 heavy (non-hydrogen) atoms. The average molecular weight is 244 g/mol. The average Bonchev–Trinajstić information content (AvgIpc) is 2.16. The number of thioether (sulfide) groups is 1. The van der Waals surface area contributed by atoms with Gasteiger partial charge in [0.05, 0.1) is 0 Å². The van der Waals surface area contributed by atoms with Gasteiger partial charge < -0.3 is 0 Å². The molecule has 0 spiro atoms. The number of nitrogens with one attached hydrogen (secondary N) is 1. The fourth-order valence-electron chi connectivity index (χ4n) is 2.95. The van der Waals surface area contributed by atoms with E-state index in [-0.39, 0.29) is 0 Å². The second kappa shape index (κ2) is 6.87. The van der Waals surface area contributed by atoms with Crippen molar-refractivity contribution in [3.8, 4) is 0 Å².